The number of nitrogens with zero attached hydrogens (tertiary/aromatic N) is 2. The number of hydrogen-bond donors (Lipinski definition) is 1. The van der Waals surface area contributed by atoms with Crippen LogP contribution in [0.15, 0.2) is 0 Å². The van der Waals surface area contributed by atoms with Gasteiger partial charge in [0, 0.05) is 50.3 Å². The van der Waals surface area contributed by atoms with E-state index in [9.17, 15) is 0 Å². The van der Waals surface area contributed by atoms with E-state index in [4.69, 9.17) is 0 Å². The normalized spacial score (nSPS) is 19.7. The molecule has 3 heteroatoms. The number of piperazine rings is 1. The maximum Gasteiger partial charge on any atom is 0.0179 e. The van der Waals surface area contributed by atoms with Gasteiger partial charge in [0.05, 0.1) is 0 Å². The van der Waals surface area contributed by atoms with Crippen molar-refractivity contribution in [1.82, 2.24) is 15.1 Å². The maximum atomic E-state index is 4.01. The van der Waals surface area contributed by atoms with Gasteiger partial charge in [-0.15, -0.1) is 0 Å². The van der Waals surface area contributed by atoms with Crippen molar-refractivity contribution in [3.8, 4) is 0 Å². The highest BCUT2D eigenvalue weighted by atomic mass is 15.3. The molecule has 0 aromatic rings. The van der Waals surface area contributed by atoms with E-state index >= 15 is 0 Å². The van der Waals surface area contributed by atoms with Gasteiger partial charge in [-0.1, -0.05) is 98.3 Å². The maximum absolute atomic E-state index is 4.01. The van der Waals surface area contributed by atoms with Gasteiger partial charge in [-0.05, 0) is 39.5 Å². The average molecular weight is 452 g/mol. The van der Waals surface area contributed by atoms with Gasteiger partial charge in [0.1, 0.15) is 0 Å². The van der Waals surface area contributed by atoms with Crippen LogP contribution in [0.4, 0.5) is 0 Å². The highest BCUT2D eigenvalue weighted by molar-refractivity contribution is 4.89. The largest absolute Gasteiger partial charge is 0.310 e. The Morgan fingerprint density at radius 1 is 0.625 bits per heavy atom. The Kier molecular flexibility index (Phi) is 16.2. The summed E-state index contributed by atoms with van der Waals surface area (Å²) in [7, 11) is 0. The van der Waals surface area contributed by atoms with Crippen molar-refractivity contribution in [2.45, 2.75) is 149 Å². The SMILES string of the molecule is CCCCCCCC(C)(CCCC)NCCN1CCN(C(C)(CC)CCCCCC)CC1. The van der Waals surface area contributed by atoms with Crippen molar-refractivity contribution in [3.63, 3.8) is 0 Å². The molecule has 192 valence electrons. The van der Waals surface area contributed by atoms with Gasteiger partial charge in [-0.2, -0.15) is 0 Å². The number of hydrogen-bond acceptors (Lipinski definition) is 3. The molecule has 1 rings (SSSR count). The van der Waals surface area contributed by atoms with Gasteiger partial charge in [0.25, 0.3) is 0 Å². The van der Waals surface area contributed by atoms with E-state index in [2.05, 4.69) is 56.7 Å². The van der Waals surface area contributed by atoms with Crippen LogP contribution in [0.25, 0.3) is 0 Å². The molecule has 0 aliphatic carbocycles. The standard InChI is InChI=1S/C29H61N3/c1-7-11-14-16-17-20-28(5,19-13-9-3)30-22-23-31-24-26-32(27-25-31)29(6,10-4)21-18-15-12-8-2/h30H,7-27H2,1-6H3. The first-order valence-corrected chi connectivity index (χ1v) is 14.7. The first-order valence-electron chi connectivity index (χ1n) is 14.7. The molecule has 0 spiro atoms. The Hall–Kier alpha value is -0.120. The highest BCUT2D eigenvalue weighted by Crippen LogP contribution is 2.28. The van der Waals surface area contributed by atoms with E-state index < -0.39 is 0 Å². The molecule has 1 fully saturated rings. The molecule has 1 aliphatic rings. The summed E-state index contributed by atoms with van der Waals surface area (Å²) in [6.07, 6.45) is 20.5. The number of unbranched alkanes of at least 4 members (excludes halogenated alkanes) is 8. The third-order valence-corrected chi connectivity index (χ3v) is 8.36. The minimum atomic E-state index is 0.337. The lowest BCUT2D eigenvalue weighted by Crippen LogP contribution is -2.56. The predicted octanol–water partition coefficient (Wildman–Crippen LogP) is 7.64. The zero-order chi connectivity index (χ0) is 23.7. The van der Waals surface area contributed by atoms with E-state index in [-0.39, 0.29) is 0 Å². The van der Waals surface area contributed by atoms with Gasteiger partial charge in [-0.25, -0.2) is 0 Å². The van der Waals surface area contributed by atoms with Gasteiger partial charge in [0.15, 0.2) is 0 Å². The fraction of sp³-hybridized carbons (Fsp3) is 1.00. The monoisotopic (exact) mass is 451 g/mol. The van der Waals surface area contributed by atoms with Crippen molar-refractivity contribution >= 4 is 0 Å². The van der Waals surface area contributed by atoms with Crippen LogP contribution in [-0.2, 0) is 0 Å². The lowest BCUT2D eigenvalue weighted by molar-refractivity contribution is 0.0321. The summed E-state index contributed by atoms with van der Waals surface area (Å²) in [5, 5.41) is 4.01. The second-order valence-electron chi connectivity index (χ2n) is 11.2. The van der Waals surface area contributed by atoms with Crippen molar-refractivity contribution in [1.29, 1.82) is 0 Å². The van der Waals surface area contributed by atoms with Crippen molar-refractivity contribution in [2.24, 2.45) is 0 Å². The molecule has 0 amide bonds. The summed E-state index contributed by atoms with van der Waals surface area (Å²) in [4.78, 5) is 5.52. The summed E-state index contributed by atoms with van der Waals surface area (Å²) in [5.41, 5.74) is 0.748. The minimum Gasteiger partial charge on any atom is -0.310 e. The molecule has 0 radical (unpaired) electrons. The molecule has 0 aromatic heterocycles. The molecular weight excluding hydrogens is 390 g/mol. The van der Waals surface area contributed by atoms with Crippen LogP contribution < -0.4 is 5.32 Å². The van der Waals surface area contributed by atoms with Gasteiger partial charge < -0.3 is 5.32 Å². The first kappa shape index (κ1) is 29.9. The molecule has 3 nitrogen and oxygen atoms in total. The summed E-state index contributed by atoms with van der Waals surface area (Å²) < 4.78 is 0. The summed E-state index contributed by atoms with van der Waals surface area (Å²) in [6, 6.07) is 0. The Bertz CT molecular complexity index is 432. The molecule has 1 heterocycles. The van der Waals surface area contributed by atoms with E-state index in [1.165, 1.54) is 129 Å². The van der Waals surface area contributed by atoms with Crippen LogP contribution in [0.3, 0.4) is 0 Å². The predicted molar refractivity (Wildman–Crippen MR) is 145 cm³/mol. The molecule has 0 saturated carbocycles. The zero-order valence-electron chi connectivity index (χ0n) is 23.2. The second kappa shape index (κ2) is 17.3. The van der Waals surface area contributed by atoms with Crippen LogP contribution in [0.1, 0.15) is 138 Å². The molecule has 1 aliphatic heterocycles. The summed E-state index contributed by atoms with van der Waals surface area (Å²) in [5.74, 6) is 0. The fourth-order valence-corrected chi connectivity index (χ4v) is 5.51. The lowest BCUT2D eigenvalue weighted by atomic mass is 9.88. The van der Waals surface area contributed by atoms with Crippen molar-refractivity contribution in [2.75, 3.05) is 39.3 Å². The molecule has 32 heavy (non-hydrogen) atoms. The smallest absolute Gasteiger partial charge is 0.0179 e. The molecule has 0 bridgehead atoms. The first-order chi connectivity index (χ1) is 15.4. The lowest BCUT2D eigenvalue weighted by Gasteiger charge is -2.46. The van der Waals surface area contributed by atoms with Crippen LogP contribution in [0, 0.1) is 0 Å². The molecule has 2 atom stereocenters. The van der Waals surface area contributed by atoms with Crippen molar-refractivity contribution in [3.05, 3.63) is 0 Å². The minimum absolute atomic E-state index is 0.337. The average Bonchev–Trinajstić information content (AvgIpc) is 2.81. The summed E-state index contributed by atoms with van der Waals surface area (Å²) in [6.45, 7) is 21.7. The Balaban J connectivity index is 2.37. The van der Waals surface area contributed by atoms with Gasteiger partial charge in [-0.3, -0.25) is 9.80 Å². The number of nitrogens with one attached hydrogen (secondary N) is 1. The fourth-order valence-electron chi connectivity index (χ4n) is 5.51. The van der Waals surface area contributed by atoms with Gasteiger partial charge in [0.2, 0.25) is 0 Å². The molecule has 0 aromatic carbocycles. The van der Waals surface area contributed by atoms with Crippen LogP contribution >= 0.6 is 0 Å². The Morgan fingerprint density at radius 3 is 1.75 bits per heavy atom. The van der Waals surface area contributed by atoms with Crippen LogP contribution in [0.5, 0.6) is 0 Å². The third-order valence-electron chi connectivity index (χ3n) is 8.36. The number of rotatable bonds is 20. The quantitative estimate of drug-likeness (QED) is 0.192. The molecule has 1 saturated heterocycles. The van der Waals surface area contributed by atoms with Crippen LogP contribution in [0.2, 0.25) is 0 Å². The summed E-state index contributed by atoms with van der Waals surface area (Å²) >= 11 is 0. The van der Waals surface area contributed by atoms with E-state index in [1.807, 2.05) is 0 Å². The zero-order valence-corrected chi connectivity index (χ0v) is 23.2. The van der Waals surface area contributed by atoms with E-state index in [0.29, 0.717) is 11.1 Å². The molecule has 1 N–H and O–H groups in total. The Morgan fingerprint density at radius 2 is 1.16 bits per heavy atom. The molecule has 2 unspecified atom stereocenters. The van der Waals surface area contributed by atoms with E-state index in [1.54, 1.807) is 0 Å². The topological polar surface area (TPSA) is 18.5 Å². The van der Waals surface area contributed by atoms with E-state index in [0.717, 1.165) is 6.54 Å². The highest BCUT2D eigenvalue weighted by Gasteiger charge is 2.32. The second-order valence-corrected chi connectivity index (χ2v) is 11.2. The third kappa shape index (κ3) is 11.8. The van der Waals surface area contributed by atoms with Gasteiger partial charge >= 0.3 is 0 Å². The van der Waals surface area contributed by atoms with Crippen molar-refractivity contribution < 1.29 is 0 Å². The Labute approximate surface area is 203 Å². The molecular formula is C29H61N3. The van der Waals surface area contributed by atoms with Crippen LogP contribution in [-0.4, -0.2) is 60.1 Å².